The van der Waals surface area contributed by atoms with Crippen molar-refractivity contribution in [3.63, 3.8) is 0 Å². The van der Waals surface area contributed by atoms with E-state index in [2.05, 4.69) is 10.3 Å². The van der Waals surface area contributed by atoms with E-state index in [0.717, 1.165) is 38.8 Å². The number of likely N-dealkylation sites (tertiary alicyclic amines) is 1. The number of ether oxygens (including phenoxy) is 1. The predicted octanol–water partition coefficient (Wildman–Crippen LogP) is 3.28. The number of nitrogens with zero attached hydrogens (tertiary/aromatic N) is 1. The standard InChI is InChI=1S/C28H21N3O7S2/c32-19(29-18-7-3-5-14-4-1-2-6-17(14)18)13-38-16-10-8-15(9-11-16)21-22-24(39-25-23(21)40-28(37)30-25)27(36)31(26(22)35)12-20(33)34/h1-11,21-22,24H,12-13H2,(H,29,32)(H,30,37)(H,33,34)/t21-,22?,24?/m0/s1. The number of imide groups is 1. The quantitative estimate of drug-likeness (QED) is 0.285. The predicted molar refractivity (Wildman–Crippen MR) is 149 cm³/mol. The Labute approximate surface area is 235 Å². The fraction of sp³-hybridized carbons (Fsp3) is 0.179. The van der Waals surface area contributed by atoms with Crippen molar-refractivity contribution in [2.45, 2.75) is 16.2 Å². The number of thiazole rings is 1. The third kappa shape index (κ3) is 4.65. The minimum atomic E-state index is -1.28. The molecule has 2 aliphatic heterocycles. The highest BCUT2D eigenvalue weighted by Gasteiger charge is 2.56. The topological polar surface area (TPSA) is 146 Å². The maximum atomic E-state index is 13.2. The van der Waals surface area contributed by atoms with Crippen molar-refractivity contribution < 1.29 is 29.0 Å². The van der Waals surface area contributed by atoms with Gasteiger partial charge in [-0.1, -0.05) is 71.6 Å². The summed E-state index contributed by atoms with van der Waals surface area (Å²) >= 11 is 2.05. The molecule has 3 heterocycles. The minimum Gasteiger partial charge on any atom is -0.484 e. The van der Waals surface area contributed by atoms with Crippen molar-refractivity contribution in [1.29, 1.82) is 0 Å². The lowest BCUT2D eigenvalue weighted by molar-refractivity contribution is -0.149. The van der Waals surface area contributed by atoms with Crippen LogP contribution in [0, 0.1) is 5.92 Å². The number of carbonyl (C=O) groups excluding carboxylic acids is 3. The van der Waals surface area contributed by atoms with E-state index >= 15 is 0 Å². The van der Waals surface area contributed by atoms with E-state index in [4.69, 9.17) is 4.74 Å². The van der Waals surface area contributed by atoms with Gasteiger partial charge in [-0.05, 0) is 29.1 Å². The van der Waals surface area contributed by atoms with Crippen LogP contribution in [0.4, 0.5) is 5.69 Å². The normalized spacial score (nSPS) is 19.8. The molecule has 202 valence electrons. The van der Waals surface area contributed by atoms with Gasteiger partial charge in [0.2, 0.25) is 11.8 Å². The summed E-state index contributed by atoms with van der Waals surface area (Å²) in [5.74, 6) is -3.83. The minimum absolute atomic E-state index is 0.228. The number of aliphatic carboxylic acids is 1. The van der Waals surface area contributed by atoms with Crippen LogP contribution in [0.5, 0.6) is 5.75 Å². The Bertz CT molecular complexity index is 1720. The first-order chi connectivity index (χ1) is 19.3. The zero-order valence-electron chi connectivity index (χ0n) is 20.7. The molecule has 10 nitrogen and oxygen atoms in total. The third-order valence-corrected chi connectivity index (χ3v) is 9.28. The number of fused-ring (bicyclic) bond motifs is 3. The number of nitrogens with one attached hydrogen (secondary N) is 2. The Balaban J connectivity index is 1.20. The highest BCUT2D eigenvalue weighted by atomic mass is 32.2. The number of benzene rings is 3. The van der Waals surface area contributed by atoms with Gasteiger partial charge >= 0.3 is 10.8 Å². The number of carboxylic acids is 1. The fourth-order valence-corrected chi connectivity index (χ4v) is 7.70. The summed E-state index contributed by atoms with van der Waals surface area (Å²) in [6.07, 6.45) is 0. The van der Waals surface area contributed by atoms with Crippen LogP contribution >= 0.6 is 23.1 Å². The van der Waals surface area contributed by atoms with Crippen LogP contribution in [0.25, 0.3) is 10.8 Å². The Kier molecular flexibility index (Phi) is 6.64. The van der Waals surface area contributed by atoms with Gasteiger partial charge in [0, 0.05) is 21.9 Å². The van der Waals surface area contributed by atoms with Crippen LogP contribution in [0.1, 0.15) is 16.4 Å². The van der Waals surface area contributed by atoms with Crippen molar-refractivity contribution in [2.75, 3.05) is 18.5 Å². The largest absolute Gasteiger partial charge is 0.484 e. The molecule has 0 bridgehead atoms. The van der Waals surface area contributed by atoms with Crippen molar-refractivity contribution in [3.05, 3.63) is 86.8 Å². The maximum absolute atomic E-state index is 13.2. The van der Waals surface area contributed by atoms with Gasteiger partial charge in [0.15, 0.2) is 6.61 Å². The number of carboxylic acid groups (broad SMARTS) is 1. The van der Waals surface area contributed by atoms with E-state index < -0.39 is 41.4 Å². The summed E-state index contributed by atoms with van der Waals surface area (Å²) in [4.78, 5) is 66.1. The van der Waals surface area contributed by atoms with E-state index in [-0.39, 0.29) is 17.4 Å². The summed E-state index contributed by atoms with van der Waals surface area (Å²) in [5, 5.41) is 13.7. The molecule has 1 aromatic heterocycles. The average molecular weight is 576 g/mol. The molecular formula is C28H21N3O7S2. The number of rotatable bonds is 7. The highest BCUT2D eigenvalue weighted by Crippen LogP contribution is 2.52. The van der Waals surface area contributed by atoms with Gasteiger partial charge in [0.25, 0.3) is 5.91 Å². The number of thioether (sulfide) groups is 1. The molecule has 12 heteroatoms. The van der Waals surface area contributed by atoms with Crippen molar-refractivity contribution in [2.24, 2.45) is 5.92 Å². The lowest BCUT2D eigenvalue weighted by Crippen LogP contribution is -2.36. The molecule has 1 fully saturated rings. The lowest BCUT2D eigenvalue weighted by Gasteiger charge is -2.29. The van der Waals surface area contributed by atoms with Crippen molar-refractivity contribution in [1.82, 2.24) is 9.88 Å². The van der Waals surface area contributed by atoms with E-state index in [1.54, 1.807) is 24.3 Å². The lowest BCUT2D eigenvalue weighted by atomic mass is 9.83. The van der Waals surface area contributed by atoms with Gasteiger partial charge in [-0.15, -0.1) is 0 Å². The second kappa shape index (κ2) is 10.3. The number of amides is 3. The first-order valence-electron chi connectivity index (χ1n) is 12.3. The Morgan fingerprint density at radius 3 is 2.50 bits per heavy atom. The molecule has 0 aliphatic carbocycles. The van der Waals surface area contributed by atoms with Crippen molar-refractivity contribution >= 4 is 63.2 Å². The monoisotopic (exact) mass is 575 g/mol. The summed E-state index contributed by atoms with van der Waals surface area (Å²) in [6, 6.07) is 20.1. The molecule has 40 heavy (non-hydrogen) atoms. The van der Waals surface area contributed by atoms with Crippen LogP contribution in [0.2, 0.25) is 0 Å². The molecular weight excluding hydrogens is 554 g/mol. The van der Waals surface area contributed by atoms with Crippen LogP contribution in [0.3, 0.4) is 0 Å². The number of H-pyrrole nitrogens is 1. The van der Waals surface area contributed by atoms with Crippen LogP contribution < -0.4 is 14.9 Å². The SMILES string of the molecule is O=C(O)CN1C(=O)C2Sc3[nH]c(=O)sc3[C@@H](c3ccc(OCC(=O)Nc4cccc5ccccc45)cc3)C2C1=O. The van der Waals surface area contributed by atoms with E-state index in [1.165, 1.54) is 0 Å². The molecule has 3 aromatic carbocycles. The van der Waals surface area contributed by atoms with Crippen LogP contribution in [0.15, 0.2) is 76.6 Å². The second-order valence-electron chi connectivity index (χ2n) is 9.34. The Morgan fingerprint density at radius 2 is 1.73 bits per heavy atom. The molecule has 1 saturated heterocycles. The summed E-state index contributed by atoms with van der Waals surface area (Å²) in [5.41, 5.74) is 1.35. The zero-order chi connectivity index (χ0) is 28.0. The molecule has 0 radical (unpaired) electrons. The number of hydrogen-bond acceptors (Lipinski definition) is 8. The van der Waals surface area contributed by atoms with E-state index in [0.29, 0.717) is 26.9 Å². The van der Waals surface area contributed by atoms with E-state index in [9.17, 15) is 29.1 Å². The third-order valence-electron chi connectivity index (χ3n) is 6.88. The molecule has 4 aromatic rings. The molecule has 3 amide bonds. The highest BCUT2D eigenvalue weighted by molar-refractivity contribution is 8.00. The molecule has 3 N–H and O–H groups in total. The average Bonchev–Trinajstić information content (AvgIpc) is 3.43. The zero-order valence-corrected chi connectivity index (χ0v) is 22.3. The van der Waals surface area contributed by atoms with Crippen LogP contribution in [-0.4, -0.2) is 57.1 Å². The molecule has 2 aliphatic rings. The first kappa shape index (κ1) is 25.8. The first-order valence-corrected chi connectivity index (χ1v) is 14.0. The molecule has 3 atom stereocenters. The molecule has 2 unspecified atom stereocenters. The van der Waals surface area contributed by atoms with Crippen LogP contribution in [-0.2, 0) is 19.2 Å². The summed E-state index contributed by atoms with van der Waals surface area (Å²) in [7, 11) is 0. The number of aromatic amines is 1. The number of aromatic nitrogens is 1. The number of carbonyl (C=O) groups is 4. The van der Waals surface area contributed by atoms with Crippen molar-refractivity contribution in [3.8, 4) is 5.75 Å². The van der Waals surface area contributed by atoms with E-state index in [1.807, 2.05) is 42.5 Å². The van der Waals surface area contributed by atoms with Gasteiger partial charge < -0.3 is 20.1 Å². The fourth-order valence-electron chi connectivity index (χ4n) is 5.17. The van der Waals surface area contributed by atoms with Gasteiger partial charge in [0.1, 0.15) is 17.5 Å². The number of anilines is 1. The molecule has 0 saturated carbocycles. The second-order valence-corrected chi connectivity index (χ2v) is 11.5. The molecule has 6 rings (SSSR count). The summed E-state index contributed by atoms with van der Waals surface area (Å²) in [6.45, 7) is -0.941. The van der Waals surface area contributed by atoms with Gasteiger partial charge in [0.05, 0.1) is 10.9 Å². The Morgan fingerprint density at radius 1 is 0.975 bits per heavy atom. The van der Waals surface area contributed by atoms with Gasteiger partial charge in [-0.3, -0.25) is 28.9 Å². The Hall–Kier alpha value is -4.42. The maximum Gasteiger partial charge on any atom is 0.323 e. The summed E-state index contributed by atoms with van der Waals surface area (Å²) < 4.78 is 5.69. The van der Waals surface area contributed by atoms with Gasteiger partial charge in [-0.2, -0.15) is 0 Å². The van der Waals surface area contributed by atoms with Gasteiger partial charge in [-0.25, -0.2) is 0 Å². The number of hydrogen-bond donors (Lipinski definition) is 3. The molecule has 0 spiro atoms. The smallest absolute Gasteiger partial charge is 0.323 e.